The quantitative estimate of drug-likeness (QED) is 0.653. The highest BCUT2D eigenvalue weighted by atomic mass is 16.5. The minimum atomic E-state index is -0.438. The Labute approximate surface area is 151 Å². The van der Waals surface area contributed by atoms with Crippen LogP contribution in [-0.2, 0) is 16.1 Å². The molecule has 0 radical (unpaired) electrons. The number of methoxy groups -OCH3 is 1. The molecular weight excluding hydrogens is 332 g/mol. The van der Waals surface area contributed by atoms with Gasteiger partial charge in [0.1, 0.15) is 5.75 Å². The van der Waals surface area contributed by atoms with Gasteiger partial charge in [0.25, 0.3) is 0 Å². The molecule has 1 aromatic carbocycles. The molecule has 1 N–H and O–H groups in total. The Morgan fingerprint density at radius 3 is 2.85 bits per heavy atom. The Kier molecular flexibility index (Phi) is 4.51. The predicted octanol–water partition coefficient (Wildman–Crippen LogP) is 3.83. The number of esters is 1. The van der Waals surface area contributed by atoms with Gasteiger partial charge in [0.05, 0.1) is 37.1 Å². The summed E-state index contributed by atoms with van der Waals surface area (Å²) in [5.41, 5.74) is 2.81. The van der Waals surface area contributed by atoms with Crippen LogP contribution in [0.1, 0.15) is 35.8 Å². The van der Waals surface area contributed by atoms with Crippen LogP contribution < -0.4 is 4.74 Å². The van der Waals surface area contributed by atoms with E-state index in [0.717, 1.165) is 39.7 Å². The molecule has 1 saturated carbocycles. The smallest absolute Gasteiger partial charge is 0.357 e. The number of ether oxygens (including phenoxy) is 3. The van der Waals surface area contributed by atoms with E-state index in [9.17, 15) is 4.79 Å². The molecule has 4 rings (SSSR count). The van der Waals surface area contributed by atoms with E-state index in [1.54, 1.807) is 20.2 Å². The highest BCUT2D eigenvalue weighted by molar-refractivity contribution is 6.13. The van der Waals surface area contributed by atoms with E-state index < -0.39 is 5.97 Å². The first-order valence-electron chi connectivity index (χ1n) is 8.94. The average molecular weight is 354 g/mol. The number of nitrogens with one attached hydrogen (secondary N) is 1. The molecule has 136 valence electrons. The number of fused-ring (bicyclic) bond motifs is 3. The van der Waals surface area contributed by atoms with Crippen molar-refractivity contribution in [1.29, 1.82) is 0 Å². The maximum absolute atomic E-state index is 12.4. The summed E-state index contributed by atoms with van der Waals surface area (Å²) in [6.07, 6.45) is 4.14. The summed E-state index contributed by atoms with van der Waals surface area (Å²) in [4.78, 5) is 20.1. The van der Waals surface area contributed by atoms with Crippen LogP contribution in [0.15, 0.2) is 24.4 Å². The third-order valence-electron chi connectivity index (χ3n) is 4.65. The average Bonchev–Trinajstić information content (AvgIpc) is 3.38. The van der Waals surface area contributed by atoms with E-state index in [1.807, 2.05) is 18.2 Å². The van der Waals surface area contributed by atoms with Gasteiger partial charge in [-0.1, -0.05) is 6.07 Å². The Morgan fingerprint density at radius 1 is 1.27 bits per heavy atom. The highest BCUT2D eigenvalue weighted by Gasteiger charge is 2.24. The lowest BCUT2D eigenvalue weighted by molar-refractivity contribution is 0.0514. The van der Waals surface area contributed by atoms with Gasteiger partial charge < -0.3 is 19.2 Å². The standard InChI is InChI=1S/C20H22N2O4/c1-3-25-20(23)19-13(11-24-2)17-15(9-21-19)22-14-5-4-6-16(18(14)17)26-10-12-7-8-12/h4-6,9,12,22H,3,7-8,10-11H2,1-2H3. The topological polar surface area (TPSA) is 73.4 Å². The predicted molar refractivity (Wildman–Crippen MR) is 98.5 cm³/mol. The largest absolute Gasteiger partial charge is 0.493 e. The summed E-state index contributed by atoms with van der Waals surface area (Å²) in [7, 11) is 1.60. The van der Waals surface area contributed by atoms with Gasteiger partial charge in [-0.05, 0) is 37.8 Å². The van der Waals surface area contributed by atoms with Crippen molar-refractivity contribution in [3.63, 3.8) is 0 Å². The maximum atomic E-state index is 12.4. The van der Waals surface area contributed by atoms with Gasteiger partial charge in [0.2, 0.25) is 0 Å². The van der Waals surface area contributed by atoms with Crippen molar-refractivity contribution in [2.75, 3.05) is 20.3 Å². The van der Waals surface area contributed by atoms with Crippen LogP contribution >= 0.6 is 0 Å². The van der Waals surface area contributed by atoms with E-state index in [0.29, 0.717) is 18.2 Å². The Hall–Kier alpha value is -2.60. The molecule has 1 aliphatic carbocycles. The van der Waals surface area contributed by atoms with Gasteiger partial charge in [-0.25, -0.2) is 9.78 Å². The summed E-state index contributed by atoms with van der Waals surface area (Å²) >= 11 is 0. The van der Waals surface area contributed by atoms with Crippen molar-refractivity contribution in [2.45, 2.75) is 26.4 Å². The molecule has 0 aliphatic heterocycles. The van der Waals surface area contributed by atoms with E-state index in [1.165, 1.54) is 12.8 Å². The van der Waals surface area contributed by atoms with Gasteiger partial charge in [0, 0.05) is 23.4 Å². The molecule has 0 amide bonds. The number of hydrogen-bond donors (Lipinski definition) is 1. The van der Waals surface area contributed by atoms with Gasteiger partial charge in [-0.15, -0.1) is 0 Å². The molecule has 0 saturated heterocycles. The number of rotatable bonds is 7. The molecular formula is C20H22N2O4. The molecule has 2 aromatic heterocycles. The lowest BCUT2D eigenvalue weighted by atomic mass is 10.0. The molecule has 6 heteroatoms. The van der Waals surface area contributed by atoms with Crippen molar-refractivity contribution in [3.05, 3.63) is 35.7 Å². The van der Waals surface area contributed by atoms with Crippen molar-refractivity contribution < 1.29 is 19.0 Å². The zero-order valence-electron chi connectivity index (χ0n) is 15.0. The number of nitrogens with zero attached hydrogens (tertiary/aromatic N) is 1. The third kappa shape index (κ3) is 3.01. The summed E-state index contributed by atoms with van der Waals surface area (Å²) in [6.45, 7) is 3.07. The highest BCUT2D eigenvalue weighted by Crippen LogP contribution is 2.37. The lowest BCUT2D eigenvalue weighted by Crippen LogP contribution is -2.11. The number of aromatic amines is 1. The molecule has 0 bridgehead atoms. The van der Waals surface area contributed by atoms with Crippen molar-refractivity contribution in [2.24, 2.45) is 5.92 Å². The Bertz CT molecular complexity index is 959. The van der Waals surface area contributed by atoms with E-state index >= 15 is 0 Å². The van der Waals surface area contributed by atoms with Crippen molar-refractivity contribution in [3.8, 4) is 5.75 Å². The summed E-state index contributed by atoms with van der Waals surface area (Å²) < 4.78 is 16.6. The summed E-state index contributed by atoms with van der Waals surface area (Å²) in [5, 5.41) is 1.87. The molecule has 2 heterocycles. The lowest BCUT2D eigenvalue weighted by Gasteiger charge is -2.11. The van der Waals surface area contributed by atoms with Crippen LogP contribution in [-0.4, -0.2) is 36.3 Å². The molecule has 0 spiro atoms. The molecule has 0 unspecified atom stereocenters. The minimum Gasteiger partial charge on any atom is -0.493 e. The number of aromatic nitrogens is 2. The van der Waals surface area contributed by atoms with Gasteiger partial charge in [0.15, 0.2) is 5.69 Å². The summed E-state index contributed by atoms with van der Waals surface area (Å²) in [5.74, 6) is 1.04. The van der Waals surface area contributed by atoms with Crippen LogP contribution in [0.5, 0.6) is 5.75 Å². The second-order valence-electron chi connectivity index (χ2n) is 6.59. The molecule has 0 atom stereocenters. The van der Waals surface area contributed by atoms with Crippen LogP contribution in [0, 0.1) is 5.92 Å². The fourth-order valence-electron chi connectivity index (χ4n) is 3.24. The van der Waals surface area contributed by atoms with Crippen LogP contribution in [0.3, 0.4) is 0 Å². The number of pyridine rings is 1. The van der Waals surface area contributed by atoms with E-state index in [2.05, 4.69) is 9.97 Å². The van der Waals surface area contributed by atoms with Crippen molar-refractivity contribution in [1.82, 2.24) is 9.97 Å². The maximum Gasteiger partial charge on any atom is 0.357 e. The molecule has 3 aromatic rings. The number of hydrogen-bond acceptors (Lipinski definition) is 5. The number of carbonyl (C=O) groups is 1. The zero-order valence-corrected chi connectivity index (χ0v) is 15.0. The van der Waals surface area contributed by atoms with Gasteiger partial charge in [-0.2, -0.15) is 0 Å². The second kappa shape index (κ2) is 6.96. The fourth-order valence-corrected chi connectivity index (χ4v) is 3.24. The second-order valence-corrected chi connectivity index (χ2v) is 6.59. The first kappa shape index (κ1) is 16.8. The number of benzene rings is 1. The number of H-pyrrole nitrogens is 1. The first-order valence-corrected chi connectivity index (χ1v) is 8.94. The van der Waals surface area contributed by atoms with Crippen LogP contribution in [0.4, 0.5) is 0 Å². The monoisotopic (exact) mass is 354 g/mol. The number of carbonyl (C=O) groups excluding carboxylic acids is 1. The Balaban J connectivity index is 1.92. The fraction of sp³-hybridized carbons (Fsp3) is 0.400. The van der Waals surface area contributed by atoms with Crippen LogP contribution in [0.2, 0.25) is 0 Å². The summed E-state index contributed by atoms with van der Waals surface area (Å²) in [6, 6.07) is 5.94. The molecule has 1 aliphatic rings. The first-order chi connectivity index (χ1) is 12.7. The van der Waals surface area contributed by atoms with Crippen LogP contribution in [0.25, 0.3) is 21.8 Å². The van der Waals surface area contributed by atoms with Gasteiger partial charge in [-0.3, -0.25) is 0 Å². The SMILES string of the molecule is CCOC(=O)c1ncc2[nH]c3cccc(OCC4CC4)c3c2c1COC. The molecule has 26 heavy (non-hydrogen) atoms. The Morgan fingerprint density at radius 2 is 2.12 bits per heavy atom. The van der Waals surface area contributed by atoms with Gasteiger partial charge >= 0.3 is 5.97 Å². The van der Waals surface area contributed by atoms with E-state index in [4.69, 9.17) is 14.2 Å². The van der Waals surface area contributed by atoms with E-state index in [-0.39, 0.29) is 6.61 Å². The molecule has 6 nitrogen and oxygen atoms in total. The normalized spacial score (nSPS) is 14.1. The third-order valence-corrected chi connectivity index (χ3v) is 4.65. The van der Waals surface area contributed by atoms with Crippen molar-refractivity contribution >= 4 is 27.8 Å². The zero-order chi connectivity index (χ0) is 18.1. The molecule has 1 fully saturated rings. The minimum absolute atomic E-state index is 0.266.